The molecule has 0 atom stereocenters. The second kappa shape index (κ2) is 9.80. The molecule has 0 aliphatic rings. The average Bonchev–Trinajstić information content (AvgIpc) is 1.65. The normalized spacial score (nSPS) is 7.00. The summed E-state index contributed by atoms with van der Waals surface area (Å²) in [6.07, 6.45) is 0.708. The van der Waals surface area contributed by atoms with E-state index in [-0.39, 0.29) is 0 Å². The smallest absolute Gasteiger partial charge is 0.314 e. The van der Waals surface area contributed by atoms with Crippen LogP contribution in [0.5, 0.6) is 0 Å². The highest BCUT2D eigenvalue weighted by atomic mass is 31.1. The predicted octanol–water partition coefficient (Wildman–Crippen LogP) is 0.392. The van der Waals surface area contributed by atoms with Crippen molar-refractivity contribution in [3.05, 3.63) is 12.8 Å². The molecular formula is C2H6FO4P. The van der Waals surface area contributed by atoms with Gasteiger partial charge in [0.2, 0.25) is 0 Å². The van der Waals surface area contributed by atoms with E-state index in [1.165, 1.54) is 0 Å². The van der Waals surface area contributed by atoms with Crippen molar-refractivity contribution in [2.45, 2.75) is 0 Å². The zero-order valence-electron chi connectivity index (χ0n) is 3.87. The first-order chi connectivity index (χ1) is 3.65. The Morgan fingerprint density at radius 3 is 1.88 bits per heavy atom. The summed E-state index contributed by atoms with van der Waals surface area (Å²) in [5.41, 5.74) is 0. The standard InChI is InChI=1S/C2H3FO.H3O3P/c1-2-4-3;1-4(2)3/h2H,1H2;4H,(H2,1,2,3). The lowest BCUT2D eigenvalue weighted by Crippen LogP contribution is -1.41. The van der Waals surface area contributed by atoms with Gasteiger partial charge in [-0.15, -0.1) is 0 Å². The molecule has 4 nitrogen and oxygen atoms in total. The first-order valence-corrected chi connectivity index (χ1v) is 2.75. The number of rotatable bonds is 1. The maximum atomic E-state index is 10.1. The molecule has 0 heterocycles. The van der Waals surface area contributed by atoms with Crippen molar-refractivity contribution in [1.29, 1.82) is 0 Å². The fourth-order valence-corrected chi connectivity index (χ4v) is 0. The quantitative estimate of drug-likeness (QED) is 0.412. The van der Waals surface area contributed by atoms with Crippen LogP contribution in [-0.4, -0.2) is 9.79 Å². The fourth-order valence-electron chi connectivity index (χ4n) is 0. The van der Waals surface area contributed by atoms with E-state index in [1.807, 2.05) is 0 Å². The maximum Gasteiger partial charge on any atom is 0.314 e. The number of hydrogen-bond acceptors (Lipinski definition) is 2. The molecule has 2 N–H and O–H groups in total. The van der Waals surface area contributed by atoms with Crippen LogP contribution in [0.4, 0.5) is 4.53 Å². The Bertz CT molecular complexity index is 70.4. The van der Waals surface area contributed by atoms with Crippen molar-refractivity contribution in [2.24, 2.45) is 0 Å². The third kappa shape index (κ3) is 312. The monoisotopic (exact) mass is 144 g/mol. The number of hydrogen-bond donors (Lipinski definition) is 2. The van der Waals surface area contributed by atoms with Crippen molar-refractivity contribution in [1.82, 2.24) is 0 Å². The summed E-state index contributed by atoms with van der Waals surface area (Å²) in [6, 6.07) is 0. The highest BCUT2D eigenvalue weighted by molar-refractivity contribution is 7.30. The molecule has 0 aromatic rings. The van der Waals surface area contributed by atoms with Crippen molar-refractivity contribution >= 4 is 8.25 Å². The minimum atomic E-state index is -3.13. The molecular weight excluding hydrogens is 138 g/mol. The van der Waals surface area contributed by atoms with Gasteiger partial charge < -0.3 is 14.7 Å². The van der Waals surface area contributed by atoms with Crippen molar-refractivity contribution in [3.63, 3.8) is 0 Å². The molecule has 6 heteroatoms. The Hall–Kier alpha value is -0.380. The molecule has 0 rings (SSSR count). The molecule has 0 amide bonds. The third-order valence-electron chi connectivity index (χ3n) is 0.0630. The van der Waals surface area contributed by atoms with Crippen LogP contribution in [0.15, 0.2) is 12.8 Å². The maximum absolute atomic E-state index is 10.1. The van der Waals surface area contributed by atoms with Crippen LogP contribution in [0.1, 0.15) is 0 Å². The summed E-state index contributed by atoms with van der Waals surface area (Å²) >= 11 is 0. The Morgan fingerprint density at radius 2 is 1.88 bits per heavy atom. The lowest BCUT2D eigenvalue weighted by atomic mass is 11.2. The van der Waals surface area contributed by atoms with Crippen LogP contribution in [0.25, 0.3) is 0 Å². The van der Waals surface area contributed by atoms with Crippen LogP contribution in [0.3, 0.4) is 0 Å². The molecule has 0 aliphatic carbocycles. The summed E-state index contributed by atoms with van der Waals surface area (Å²) in [4.78, 5) is 17.1. The second-order valence-corrected chi connectivity index (χ2v) is 1.10. The third-order valence-corrected chi connectivity index (χ3v) is 0.0630. The van der Waals surface area contributed by atoms with Gasteiger partial charge in [0.1, 0.15) is 6.26 Å². The molecule has 8 heavy (non-hydrogen) atoms. The highest BCUT2D eigenvalue weighted by Crippen LogP contribution is 1.98. The average molecular weight is 144 g/mol. The van der Waals surface area contributed by atoms with Gasteiger partial charge in [-0.25, -0.2) is 0 Å². The van der Waals surface area contributed by atoms with E-state index >= 15 is 0 Å². The zero-order chi connectivity index (χ0) is 6.99. The van der Waals surface area contributed by atoms with Crippen molar-refractivity contribution < 1.29 is 23.8 Å². The van der Waals surface area contributed by atoms with Gasteiger partial charge in [0.25, 0.3) is 0 Å². The molecule has 50 valence electrons. The van der Waals surface area contributed by atoms with Crippen LogP contribution < -0.4 is 0 Å². The summed E-state index contributed by atoms with van der Waals surface area (Å²) in [5.74, 6) is 0. The van der Waals surface area contributed by atoms with Gasteiger partial charge in [0.15, 0.2) is 0 Å². The van der Waals surface area contributed by atoms with Gasteiger partial charge in [0.05, 0.1) is 0 Å². The van der Waals surface area contributed by atoms with Crippen molar-refractivity contribution in [2.75, 3.05) is 0 Å². The van der Waals surface area contributed by atoms with E-state index in [0.29, 0.717) is 6.26 Å². The van der Waals surface area contributed by atoms with Gasteiger partial charge in [-0.3, -0.25) is 4.57 Å². The molecule has 0 aromatic carbocycles. The summed E-state index contributed by atoms with van der Waals surface area (Å²) in [6.45, 7) is 2.88. The Morgan fingerprint density at radius 1 is 1.75 bits per heavy atom. The molecule has 0 radical (unpaired) electrons. The van der Waals surface area contributed by atoms with Gasteiger partial charge in [-0.2, -0.15) is 0 Å². The SMILES string of the molecule is C=COF.O=[PH](O)O. The molecule has 0 fully saturated rings. The number of halogens is 1. The van der Waals surface area contributed by atoms with E-state index in [9.17, 15) is 4.53 Å². The molecule has 0 saturated carbocycles. The first kappa shape index (κ1) is 10.6. The molecule has 0 unspecified atom stereocenters. The predicted molar refractivity (Wildman–Crippen MR) is 25.8 cm³/mol. The topological polar surface area (TPSA) is 66.8 Å². The second-order valence-electron chi connectivity index (χ2n) is 0.538. The van der Waals surface area contributed by atoms with Gasteiger partial charge in [0, 0.05) is 4.53 Å². The largest absolute Gasteiger partial charge is 0.326 e. The molecule has 0 saturated heterocycles. The van der Waals surface area contributed by atoms with Crippen LogP contribution in [0.2, 0.25) is 0 Å². The lowest BCUT2D eigenvalue weighted by molar-refractivity contribution is -0.0611. The zero-order valence-corrected chi connectivity index (χ0v) is 4.87. The van der Waals surface area contributed by atoms with Crippen LogP contribution >= 0.6 is 8.25 Å². The van der Waals surface area contributed by atoms with E-state index in [2.05, 4.69) is 11.5 Å². The summed E-state index contributed by atoms with van der Waals surface area (Å²) < 4.78 is 18.8. The van der Waals surface area contributed by atoms with Gasteiger partial charge in [-0.1, -0.05) is 6.58 Å². The first-order valence-electron chi connectivity index (χ1n) is 1.45. The van der Waals surface area contributed by atoms with Crippen LogP contribution in [0, 0.1) is 0 Å². The minimum Gasteiger partial charge on any atom is -0.326 e. The molecule has 0 aliphatic heterocycles. The van der Waals surface area contributed by atoms with E-state index in [0.717, 1.165) is 0 Å². The van der Waals surface area contributed by atoms with E-state index < -0.39 is 8.25 Å². The van der Waals surface area contributed by atoms with E-state index in [4.69, 9.17) is 14.4 Å². The lowest BCUT2D eigenvalue weighted by Gasteiger charge is -1.62. The fraction of sp³-hybridized carbons (Fsp3) is 0. The molecule has 0 bridgehead atoms. The molecule has 0 aromatic heterocycles. The molecule has 0 spiro atoms. The van der Waals surface area contributed by atoms with Gasteiger partial charge in [-0.05, 0) is 0 Å². The Labute approximate surface area is 46.1 Å². The van der Waals surface area contributed by atoms with Crippen molar-refractivity contribution in [3.8, 4) is 0 Å². The highest BCUT2D eigenvalue weighted by Gasteiger charge is 1.61. The Balaban J connectivity index is 0. The summed E-state index contributed by atoms with van der Waals surface area (Å²) in [5, 5.41) is 0. The van der Waals surface area contributed by atoms with Crippen LogP contribution in [-0.2, 0) is 9.51 Å². The van der Waals surface area contributed by atoms with Gasteiger partial charge >= 0.3 is 8.25 Å². The minimum absolute atomic E-state index is 0.708. The van der Waals surface area contributed by atoms with E-state index in [1.54, 1.807) is 0 Å². The Kier molecular flexibility index (Phi) is 12.9. The summed E-state index contributed by atoms with van der Waals surface area (Å²) in [7, 11) is -3.13.